The molecular formula is C17H22N2O2. The zero-order valence-corrected chi connectivity index (χ0v) is 13.0. The predicted octanol–water partition coefficient (Wildman–Crippen LogP) is 2.29. The van der Waals surface area contributed by atoms with Crippen LogP contribution >= 0.6 is 0 Å². The monoisotopic (exact) mass is 286 g/mol. The molecule has 0 bridgehead atoms. The number of hydrogen-bond donors (Lipinski definition) is 1. The number of carbonyl (C=O) groups is 2. The van der Waals surface area contributed by atoms with Crippen LogP contribution in [0.5, 0.6) is 0 Å². The second kappa shape index (κ2) is 4.95. The van der Waals surface area contributed by atoms with E-state index in [1.54, 1.807) is 0 Å². The van der Waals surface area contributed by atoms with Gasteiger partial charge in [-0.2, -0.15) is 0 Å². The largest absolute Gasteiger partial charge is 0.316 e. The van der Waals surface area contributed by atoms with Crippen molar-refractivity contribution in [3.63, 3.8) is 0 Å². The summed E-state index contributed by atoms with van der Waals surface area (Å²) in [5, 5.41) is 3.37. The minimum absolute atomic E-state index is 0.0204. The fraction of sp³-hybridized carbons (Fsp3) is 0.529. The van der Waals surface area contributed by atoms with Crippen molar-refractivity contribution in [1.82, 2.24) is 10.2 Å². The first-order chi connectivity index (χ1) is 9.93. The Balaban J connectivity index is 1.93. The quantitative estimate of drug-likeness (QED) is 0.849. The van der Waals surface area contributed by atoms with E-state index in [0.29, 0.717) is 17.7 Å². The lowest BCUT2D eigenvalue weighted by Crippen LogP contribution is -2.47. The van der Waals surface area contributed by atoms with Gasteiger partial charge in [-0.15, -0.1) is 0 Å². The third-order valence-corrected chi connectivity index (χ3v) is 4.77. The van der Waals surface area contributed by atoms with Crippen LogP contribution in [0.15, 0.2) is 12.1 Å². The molecule has 1 saturated heterocycles. The van der Waals surface area contributed by atoms with Crippen molar-refractivity contribution in [2.45, 2.75) is 33.6 Å². The molecule has 2 heterocycles. The minimum Gasteiger partial charge on any atom is -0.316 e. The van der Waals surface area contributed by atoms with E-state index >= 15 is 0 Å². The maximum absolute atomic E-state index is 12.7. The Labute approximate surface area is 125 Å². The lowest BCUT2D eigenvalue weighted by atomic mass is 9.82. The van der Waals surface area contributed by atoms with Gasteiger partial charge in [0.2, 0.25) is 0 Å². The van der Waals surface area contributed by atoms with Crippen molar-refractivity contribution >= 4 is 11.8 Å². The summed E-state index contributed by atoms with van der Waals surface area (Å²) in [7, 11) is 0. The van der Waals surface area contributed by atoms with Crippen LogP contribution in [0, 0.1) is 19.3 Å². The number of hydrogen-bond acceptors (Lipinski definition) is 3. The highest BCUT2D eigenvalue weighted by Crippen LogP contribution is 2.33. The van der Waals surface area contributed by atoms with Crippen LogP contribution in [0.1, 0.15) is 51.6 Å². The highest BCUT2D eigenvalue weighted by molar-refractivity contribution is 6.22. The van der Waals surface area contributed by atoms with Gasteiger partial charge >= 0.3 is 0 Å². The molecule has 0 saturated carbocycles. The van der Waals surface area contributed by atoms with Gasteiger partial charge in [-0.3, -0.25) is 14.5 Å². The topological polar surface area (TPSA) is 49.4 Å². The van der Waals surface area contributed by atoms with Crippen LogP contribution in [-0.4, -0.2) is 36.3 Å². The summed E-state index contributed by atoms with van der Waals surface area (Å²) >= 11 is 0. The second-order valence-electron chi connectivity index (χ2n) is 6.74. The summed E-state index contributed by atoms with van der Waals surface area (Å²) in [6.45, 7) is 8.34. The molecule has 1 unspecified atom stereocenters. The number of nitrogens with zero attached hydrogens (tertiary/aromatic N) is 1. The summed E-state index contributed by atoms with van der Waals surface area (Å²) in [5.74, 6) is -0.244. The van der Waals surface area contributed by atoms with E-state index in [1.807, 2.05) is 26.0 Å². The molecule has 1 aromatic carbocycles. The first kappa shape index (κ1) is 14.3. The van der Waals surface area contributed by atoms with E-state index < -0.39 is 0 Å². The van der Waals surface area contributed by atoms with E-state index in [2.05, 4.69) is 12.2 Å². The lowest BCUT2D eigenvalue weighted by Gasteiger charge is -2.36. The average Bonchev–Trinajstić information content (AvgIpc) is 2.69. The molecule has 0 radical (unpaired) electrons. The summed E-state index contributed by atoms with van der Waals surface area (Å²) in [4.78, 5) is 26.8. The number of amides is 2. The average molecular weight is 286 g/mol. The number of carbonyl (C=O) groups excluding carboxylic acids is 2. The molecule has 1 N–H and O–H groups in total. The Morgan fingerprint density at radius 2 is 1.71 bits per heavy atom. The summed E-state index contributed by atoms with van der Waals surface area (Å²) in [6.07, 6.45) is 2.14. The van der Waals surface area contributed by atoms with E-state index in [1.165, 1.54) is 4.90 Å². The Hall–Kier alpha value is -1.68. The van der Waals surface area contributed by atoms with Crippen molar-refractivity contribution in [3.8, 4) is 0 Å². The molecule has 0 spiro atoms. The number of benzene rings is 1. The fourth-order valence-electron chi connectivity index (χ4n) is 3.50. The maximum atomic E-state index is 12.7. The van der Waals surface area contributed by atoms with Gasteiger partial charge in [0, 0.05) is 13.1 Å². The summed E-state index contributed by atoms with van der Waals surface area (Å²) < 4.78 is 0. The van der Waals surface area contributed by atoms with Crippen LogP contribution in [0.25, 0.3) is 0 Å². The second-order valence-corrected chi connectivity index (χ2v) is 6.74. The number of imide groups is 1. The molecule has 0 aliphatic carbocycles. The maximum Gasteiger partial charge on any atom is 0.261 e. The van der Waals surface area contributed by atoms with E-state index in [0.717, 1.165) is 37.1 Å². The Kier molecular flexibility index (Phi) is 3.36. The molecule has 4 nitrogen and oxygen atoms in total. The third kappa shape index (κ3) is 2.27. The summed E-state index contributed by atoms with van der Waals surface area (Å²) in [6, 6.07) is 3.85. The van der Waals surface area contributed by atoms with Crippen LogP contribution in [0.4, 0.5) is 0 Å². The smallest absolute Gasteiger partial charge is 0.261 e. The fourth-order valence-corrected chi connectivity index (χ4v) is 3.50. The number of nitrogens with one attached hydrogen (secondary N) is 1. The zero-order valence-electron chi connectivity index (χ0n) is 13.0. The van der Waals surface area contributed by atoms with Gasteiger partial charge in [-0.1, -0.05) is 19.1 Å². The van der Waals surface area contributed by atoms with Crippen molar-refractivity contribution in [2.24, 2.45) is 5.41 Å². The number of fused-ring (bicyclic) bond motifs is 1. The number of rotatable bonds is 2. The molecule has 1 fully saturated rings. The molecular weight excluding hydrogens is 264 g/mol. The highest BCUT2D eigenvalue weighted by atomic mass is 16.2. The standard InChI is InChI=1S/C17H22N2O2/c1-11-5-6-12(2)14-13(11)15(20)19(16(14)21)10-17(3)7-4-8-18-9-17/h5-6,18H,4,7-10H2,1-3H3. The molecule has 1 aromatic rings. The normalized spacial score (nSPS) is 25.4. The predicted molar refractivity (Wildman–Crippen MR) is 81.5 cm³/mol. The molecule has 2 aliphatic heterocycles. The van der Waals surface area contributed by atoms with Crippen LogP contribution < -0.4 is 5.32 Å². The van der Waals surface area contributed by atoms with Gasteiger partial charge in [0.25, 0.3) is 11.8 Å². The lowest BCUT2D eigenvalue weighted by molar-refractivity contribution is 0.0554. The molecule has 1 atom stereocenters. The molecule has 112 valence electrons. The van der Waals surface area contributed by atoms with Gasteiger partial charge in [0.15, 0.2) is 0 Å². The zero-order chi connectivity index (χ0) is 15.2. The molecule has 21 heavy (non-hydrogen) atoms. The van der Waals surface area contributed by atoms with Crippen molar-refractivity contribution < 1.29 is 9.59 Å². The number of aryl methyl sites for hydroxylation is 2. The first-order valence-electron chi connectivity index (χ1n) is 7.60. The molecule has 4 heteroatoms. The molecule has 2 aliphatic rings. The van der Waals surface area contributed by atoms with E-state index in [9.17, 15) is 9.59 Å². The SMILES string of the molecule is Cc1ccc(C)c2c1C(=O)N(CC1(C)CCCNC1)C2=O. The molecule has 3 rings (SSSR count). The van der Waals surface area contributed by atoms with Crippen molar-refractivity contribution in [1.29, 1.82) is 0 Å². The van der Waals surface area contributed by atoms with Gasteiger partial charge in [0.05, 0.1) is 11.1 Å². The molecule has 0 aromatic heterocycles. The first-order valence-corrected chi connectivity index (χ1v) is 7.60. The summed E-state index contributed by atoms with van der Waals surface area (Å²) in [5.41, 5.74) is 2.97. The Morgan fingerprint density at radius 1 is 1.14 bits per heavy atom. The van der Waals surface area contributed by atoms with E-state index in [4.69, 9.17) is 0 Å². The van der Waals surface area contributed by atoms with Crippen LogP contribution in [-0.2, 0) is 0 Å². The van der Waals surface area contributed by atoms with Gasteiger partial charge in [-0.05, 0) is 49.8 Å². The third-order valence-electron chi connectivity index (χ3n) is 4.77. The van der Waals surface area contributed by atoms with Crippen LogP contribution in [0.2, 0.25) is 0 Å². The van der Waals surface area contributed by atoms with E-state index in [-0.39, 0.29) is 17.2 Å². The van der Waals surface area contributed by atoms with Gasteiger partial charge in [-0.25, -0.2) is 0 Å². The molecule has 2 amide bonds. The minimum atomic E-state index is -0.122. The van der Waals surface area contributed by atoms with Gasteiger partial charge < -0.3 is 5.32 Å². The van der Waals surface area contributed by atoms with Crippen LogP contribution in [0.3, 0.4) is 0 Å². The Morgan fingerprint density at radius 3 is 2.19 bits per heavy atom. The Bertz CT molecular complexity index is 574. The highest BCUT2D eigenvalue weighted by Gasteiger charge is 2.41. The van der Waals surface area contributed by atoms with Gasteiger partial charge in [0.1, 0.15) is 0 Å². The van der Waals surface area contributed by atoms with Crippen molar-refractivity contribution in [2.75, 3.05) is 19.6 Å². The number of piperidine rings is 1. The van der Waals surface area contributed by atoms with Crippen molar-refractivity contribution in [3.05, 3.63) is 34.4 Å².